The molecule has 1 amide bonds. The van der Waals surface area contributed by atoms with E-state index in [0.29, 0.717) is 12.1 Å². The Morgan fingerprint density at radius 3 is 2.12 bits per heavy atom. The van der Waals surface area contributed by atoms with E-state index in [-0.39, 0.29) is 17.2 Å². The van der Waals surface area contributed by atoms with Crippen molar-refractivity contribution in [3.63, 3.8) is 0 Å². The molecule has 2 N–H and O–H groups in total. The second kappa shape index (κ2) is 6.40. The molecule has 0 unspecified atom stereocenters. The summed E-state index contributed by atoms with van der Waals surface area (Å²) < 4.78 is 68.2. The Morgan fingerprint density at radius 2 is 1.67 bits per heavy atom. The first kappa shape index (κ1) is 17.6. The van der Waals surface area contributed by atoms with Crippen molar-refractivity contribution >= 4 is 5.91 Å². The van der Waals surface area contributed by atoms with Crippen LogP contribution < -0.4 is 10.2 Å². The molecule has 24 heavy (non-hydrogen) atoms. The molecule has 10 heteroatoms. The molecule has 0 aliphatic heterocycles. The highest BCUT2D eigenvalue weighted by Crippen LogP contribution is 2.44. The molecule has 0 saturated heterocycles. The number of pyridine rings is 1. The number of hydrogen-bond donors (Lipinski definition) is 2. The van der Waals surface area contributed by atoms with E-state index in [4.69, 9.17) is 9.94 Å². The maximum absolute atomic E-state index is 13.1. The van der Waals surface area contributed by atoms with Crippen LogP contribution in [0.3, 0.4) is 0 Å². The molecule has 0 aliphatic carbocycles. The quantitative estimate of drug-likeness (QED) is 0.503. The van der Waals surface area contributed by atoms with E-state index >= 15 is 0 Å². The number of aromatic nitrogens is 1. The van der Waals surface area contributed by atoms with Crippen LogP contribution in [0.4, 0.5) is 22.0 Å². The highest BCUT2D eigenvalue weighted by molar-refractivity contribution is 5.92. The van der Waals surface area contributed by atoms with E-state index in [2.05, 4.69) is 4.98 Å². The molecule has 0 aliphatic rings. The zero-order valence-electron chi connectivity index (χ0n) is 11.6. The van der Waals surface area contributed by atoms with Crippen LogP contribution in [0.15, 0.2) is 42.6 Å². The summed E-state index contributed by atoms with van der Waals surface area (Å²) in [4.78, 5) is 14.8. The van der Waals surface area contributed by atoms with Crippen molar-refractivity contribution in [2.45, 2.75) is 12.1 Å². The minimum Gasteiger partial charge on any atom is -0.439 e. The van der Waals surface area contributed by atoms with Gasteiger partial charge in [-0.1, -0.05) is 0 Å². The van der Waals surface area contributed by atoms with Crippen LogP contribution in [0, 0.1) is 0 Å². The number of hydrogen-bond acceptors (Lipinski definition) is 4. The molecule has 0 saturated carbocycles. The number of rotatable bonds is 4. The number of carbonyl (C=O) groups is 1. The Labute approximate surface area is 131 Å². The van der Waals surface area contributed by atoms with Gasteiger partial charge in [0.2, 0.25) is 5.88 Å². The minimum absolute atomic E-state index is 0.0245. The number of alkyl halides is 5. The Balaban J connectivity index is 2.13. The summed E-state index contributed by atoms with van der Waals surface area (Å²) in [7, 11) is 0. The number of nitrogens with one attached hydrogen (secondary N) is 1. The lowest BCUT2D eigenvalue weighted by Gasteiger charge is -2.19. The second-order valence-electron chi connectivity index (χ2n) is 4.52. The first-order valence-corrected chi connectivity index (χ1v) is 6.28. The number of carbonyl (C=O) groups excluding carboxylic acids is 1. The smallest absolute Gasteiger partial charge is 0.439 e. The molecule has 1 heterocycles. The number of amides is 1. The van der Waals surface area contributed by atoms with E-state index < -0.39 is 23.6 Å². The second-order valence-corrected chi connectivity index (χ2v) is 4.52. The third-order valence-electron chi connectivity index (χ3n) is 2.90. The fourth-order valence-corrected chi connectivity index (χ4v) is 1.66. The van der Waals surface area contributed by atoms with Gasteiger partial charge in [0.1, 0.15) is 5.75 Å². The maximum Gasteiger partial charge on any atom is 0.458 e. The Kier molecular flexibility index (Phi) is 4.69. The third kappa shape index (κ3) is 3.59. The summed E-state index contributed by atoms with van der Waals surface area (Å²) in [6, 6.07) is 5.58. The van der Waals surface area contributed by atoms with E-state index in [0.717, 1.165) is 18.3 Å². The van der Waals surface area contributed by atoms with Gasteiger partial charge in [-0.25, -0.2) is 10.5 Å². The van der Waals surface area contributed by atoms with Crippen LogP contribution in [-0.2, 0) is 5.92 Å². The molecule has 0 atom stereocenters. The fraction of sp³-hybridized carbons (Fsp3) is 0.143. The summed E-state index contributed by atoms with van der Waals surface area (Å²) in [5.41, 5.74) is 0.215. The molecule has 0 spiro atoms. The van der Waals surface area contributed by atoms with Gasteiger partial charge in [0.05, 0.1) is 5.56 Å². The van der Waals surface area contributed by atoms with Crippen LogP contribution >= 0.6 is 0 Å². The molecule has 1 aromatic heterocycles. The normalized spacial score (nSPS) is 11.9. The van der Waals surface area contributed by atoms with Crippen LogP contribution in [-0.4, -0.2) is 22.3 Å². The summed E-state index contributed by atoms with van der Waals surface area (Å²) in [5, 5.41) is 8.44. The van der Waals surface area contributed by atoms with Gasteiger partial charge in [0.15, 0.2) is 0 Å². The highest BCUT2D eigenvalue weighted by atomic mass is 19.4. The van der Waals surface area contributed by atoms with Gasteiger partial charge in [-0.3, -0.25) is 10.0 Å². The largest absolute Gasteiger partial charge is 0.458 e. The Hall–Kier alpha value is -2.75. The van der Waals surface area contributed by atoms with Crippen molar-refractivity contribution in [1.82, 2.24) is 10.5 Å². The zero-order chi connectivity index (χ0) is 18.0. The maximum atomic E-state index is 13.1. The summed E-state index contributed by atoms with van der Waals surface area (Å²) in [6.45, 7) is 0. The predicted molar refractivity (Wildman–Crippen MR) is 70.0 cm³/mol. The van der Waals surface area contributed by atoms with Gasteiger partial charge < -0.3 is 4.74 Å². The van der Waals surface area contributed by atoms with Gasteiger partial charge >= 0.3 is 12.1 Å². The van der Waals surface area contributed by atoms with Crippen molar-refractivity contribution in [1.29, 1.82) is 0 Å². The van der Waals surface area contributed by atoms with Gasteiger partial charge in [-0.15, -0.1) is 0 Å². The Morgan fingerprint density at radius 1 is 1.04 bits per heavy atom. The number of hydroxylamine groups is 1. The van der Waals surface area contributed by atoms with E-state index in [1.54, 1.807) is 0 Å². The lowest BCUT2D eigenvalue weighted by Crippen LogP contribution is -2.33. The van der Waals surface area contributed by atoms with Crippen LogP contribution in [0.1, 0.15) is 15.9 Å². The van der Waals surface area contributed by atoms with Crippen molar-refractivity contribution in [2.24, 2.45) is 0 Å². The summed E-state index contributed by atoms with van der Waals surface area (Å²) in [6.07, 6.45) is -4.62. The molecule has 0 bridgehead atoms. The van der Waals surface area contributed by atoms with Gasteiger partial charge in [0, 0.05) is 17.8 Å². The monoisotopic (exact) mass is 348 g/mol. The molecule has 2 rings (SSSR count). The molecular formula is C14H9F5N2O3. The zero-order valence-corrected chi connectivity index (χ0v) is 11.6. The van der Waals surface area contributed by atoms with Gasteiger partial charge in [-0.2, -0.15) is 22.0 Å². The molecule has 0 radical (unpaired) electrons. The summed E-state index contributed by atoms with van der Waals surface area (Å²) >= 11 is 0. The van der Waals surface area contributed by atoms with Crippen molar-refractivity contribution < 1.29 is 36.7 Å². The summed E-state index contributed by atoms with van der Waals surface area (Å²) in [5.74, 6) is -5.82. The number of nitrogens with zero attached hydrogens (tertiary/aromatic N) is 1. The minimum atomic E-state index is -5.69. The lowest BCUT2D eigenvalue weighted by molar-refractivity contribution is -0.289. The predicted octanol–water partition coefficient (Wildman–Crippen LogP) is 3.65. The molecule has 5 nitrogen and oxygen atoms in total. The van der Waals surface area contributed by atoms with E-state index in [9.17, 15) is 26.7 Å². The highest BCUT2D eigenvalue weighted by Gasteiger charge is 2.58. The van der Waals surface area contributed by atoms with Crippen LogP contribution in [0.5, 0.6) is 11.6 Å². The SMILES string of the molecule is O=C(NO)c1ccc(Oc2ccc(C(F)(F)C(F)(F)F)cc2)nc1. The van der Waals surface area contributed by atoms with Crippen LogP contribution in [0.25, 0.3) is 0 Å². The topological polar surface area (TPSA) is 71.5 Å². The molecular weight excluding hydrogens is 339 g/mol. The first-order chi connectivity index (χ1) is 11.1. The van der Waals surface area contributed by atoms with Crippen molar-refractivity contribution in [3.05, 3.63) is 53.7 Å². The molecule has 1 aromatic carbocycles. The fourth-order valence-electron chi connectivity index (χ4n) is 1.66. The lowest BCUT2D eigenvalue weighted by atomic mass is 10.1. The average molecular weight is 348 g/mol. The van der Waals surface area contributed by atoms with E-state index in [1.807, 2.05) is 0 Å². The molecule has 128 valence electrons. The van der Waals surface area contributed by atoms with Gasteiger partial charge in [0.25, 0.3) is 5.91 Å². The van der Waals surface area contributed by atoms with Crippen molar-refractivity contribution in [3.8, 4) is 11.6 Å². The number of ether oxygens (including phenoxy) is 1. The van der Waals surface area contributed by atoms with E-state index in [1.165, 1.54) is 17.6 Å². The third-order valence-corrected chi connectivity index (χ3v) is 2.90. The van der Waals surface area contributed by atoms with Gasteiger partial charge in [-0.05, 0) is 30.3 Å². The van der Waals surface area contributed by atoms with Crippen molar-refractivity contribution in [2.75, 3.05) is 0 Å². The number of halogens is 5. The first-order valence-electron chi connectivity index (χ1n) is 6.28. The number of benzene rings is 1. The molecule has 2 aromatic rings. The van der Waals surface area contributed by atoms with Crippen LogP contribution in [0.2, 0.25) is 0 Å². The Bertz CT molecular complexity index is 715. The average Bonchev–Trinajstić information content (AvgIpc) is 2.54. The molecule has 0 fully saturated rings. The standard InChI is InChI=1S/C14H9F5N2O3/c15-13(16,14(17,18)19)9-2-4-10(5-3-9)24-11-6-1-8(7-20-11)12(22)21-23/h1-7,23H,(H,21,22).